The minimum Gasteiger partial charge on any atom is -0.480 e. The first kappa shape index (κ1) is 13.0. The van der Waals surface area contributed by atoms with Crippen molar-refractivity contribution in [2.45, 2.75) is 19.9 Å². The monoisotopic (exact) mass is 238 g/mol. The summed E-state index contributed by atoms with van der Waals surface area (Å²) in [5.41, 5.74) is 1.06. The first-order valence-corrected chi connectivity index (χ1v) is 5.05. The van der Waals surface area contributed by atoms with E-state index in [2.05, 4.69) is 0 Å². The number of nitro groups is 1. The van der Waals surface area contributed by atoms with Gasteiger partial charge in [0.05, 0.1) is 4.92 Å². The topological polar surface area (TPSA) is 83.7 Å². The van der Waals surface area contributed by atoms with Gasteiger partial charge >= 0.3 is 5.97 Å². The minimum atomic E-state index is -1.02. The third-order valence-corrected chi connectivity index (χ3v) is 2.65. The molecule has 0 spiro atoms. The normalized spacial score (nSPS) is 11.9. The summed E-state index contributed by atoms with van der Waals surface area (Å²) in [7, 11) is 1.53. The molecule has 0 amide bonds. The number of hydrogen-bond donors (Lipinski definition) is 1. The first-order chi connectivity index (χ1) is 7.84. The van der Waals surface area contributed by atoms with Gasteiger partial charge in [-0.2, -0.15) is 0 Å². The SMILES string of the molecule is Cc1ccc([N+](=O)[O-])c(N(C)C(C)C(=O)O)c1. The number of nitrogens with zero attached hydrogens (tertiary/aromatic N) is 2. The van der Waals surface area contributed by atoms with E-state index in [1.807, 2.05) is 0 Å². The molecule has 1 rings (SSSR count). The van der Waals surface area contributed by atoms with Gasteiger partial charge in [0.2, 0.25) is 0 Å². The molecule has 0 aromatic heterocycles. The average Bonchev–Trinajstić information content (AvgIpc) is 2.26. The minimum absolute atomic E-state index is 0.0915. The summed E-state index contributed by atoms with van der Waals surface area (Å²) in [6.45, 7) is 3.28. The zero-order chi connectivity index (χ0) is 13.2. The molecule has 6 nitrogen and oxygen atoms in total. The van der Waals surface area contributed by atoms with Crippen molar-refractivity contribution < 1.29 is 14.8 Å². The molecule has 1 N–H and O–H groups in total. The number of anilines is 1. The largest absolute Gasteiger partial charge is 0.480 e. The Morgan fingerprint density at radius 3 is 2.59 bits per heavy atom. The Balaban J connectivity index is 3.23. The van der Waals surface area contributed by atoms with Gasteiger partial charge in [0, 0.05) is 13.1 Å². The summed E-state index contributed by atoms with van der Waals surface area (Å²) in [6.07, 6.45) is 0. The maximum Gasteiger partial charge on any atom is 0.326 e. The van der Waals surface area contributed by atoms with Gasteiger partial charge in [-0.15, -0.1) is 0 Å². The molecule has 92 valence electrons. The lowest BCUT2D eigenvalue weighted by atomic mass is 10.1. The molecule has 0 fully saturated rings. The van der Waals surface area contributed by atoms with E-state index in [0.29, 0.717) is 5.69 Å². The second-order valence-corrected chi connectivity index (χ2v) is 3.87. The number of nitro benzene ring substituents is 1. The summed E-state index contributed by atoms with van der Waals surface area (Å²) in [6, 6.07) is 3.80. The van der Waals surface area contributed by atoms with Gasteiger partial charge in [0.1, 0.15) is 11.7 Å². The molecular formula is C11H14N2O4. The molecule has 0 saturated heterocycles. The molecular weight excluding hydrogens is 224 g/mol. The van der Waals surface area contributed by atoms with Gasteiger partial charge in [0.25, 0.3) is 5.69 Å². The van der Waals surface area contributed by atoms with Crippen molar-refractivity contribution in [3.63, 3.8) is 0 Å². The highest BCUT2D eigenvalue weighted by atomic mass is 16.6. The molecule has 1 aromatic rings. The van der Waals surface area contributed by atoms with Crippen molar-refractivity contribution in [3.8, 4) is 0 Å². The molecule has 6 heteroatoms. The van der Waals surface area contributed by atoms with Crippen LogP contribution in [0.5, 0.6) is 0 Å². The third kappa shape index (κ3) is 2.72. The molecule has 0 aliphatic heterocycles. The number of aryl methyl sites for hydroxylation is 1. The van der Waals surface area contributed by atoms with Crippen LogP contribution in [-0.4, -0.2) is 29.1 Å². The lowest BCUT2D eigenvalue weighted by molar-refractivity contribution is -0.384. The van der Waals surface area contributed by atoms with Crippen LogP contribution in [0.15, 0.2) is 18.2 Å². The second-order valence-electron chi connectivity index (χ2n) is 3.87. The zero-order valence-corrected chi connectivity index (χ0v) is 9.88. The summed E-state index contributed by atoms with van der Waals surface area (Å²) in [4.78, 5) is 22.6. The Morgan fingerprint density at radius 2 is 2.12 bits per heavy atom. The molecule has 17 heavy (non-hydrogen) atoms. The molecule has 0 heterocycles. The van der Waals surface area contributed by atoms with E-state index >= 15 is 0 Å². The molecule has 1 atom stereocenters. The van der Waals surface area contributed by atoms with Crippen LogP contribution in [0.1, 0.15) is 12.5 Å². The van der Waals surface area contributed by atoms with Crippen LogP contribution in [0.25, 0.3) is 0 Å². The lowest BCUT2D eigenvalue weighted by Crippen LogP contribution is -2.36. The van der Waals surface area contributed by atoms with Crippen LogP contribution in [-0.2, 0) is 4.79 Å². The van der Waals surface area contributed by atoms with Gasteiger partial charge in [-0.05, 0) is 25.5 Å². The van der Waals surface area contributed by atoms with Crippen molar-refractivity contribution in [1.29, 1.82) is 0 Å². The maximum absolute atomic E-state index is 10.9. The van der Waals surface area contributed by atoms with E-state index in [0.717, 1.165) is 5.56 Å². The Morgan fingerprint density at radius 1 is 1.53 bits per heavy atom. The number of carbonyl (C=O) groups is 1. The van der Waals surface area contributed by atoms with Crippen LogP contribution in [0.3, 0.4) is 0 Å². The fourth-order valence-electron chi connectivity index (χ4n) is 1.44. The predicted octanol–water partition coefficient (Wildman–Crippen LogP) is 1.81. The molecule has 0 aliphatic carbocycles. The second kappa shape index (κ2) is 4.82. The van der Waals surface area contributed by atoms with Gasteiger partial charge < -0.3 is 10.0 Å². The quantitative estimate of drug-likeness (QED) is 0.638. The van der Waals surface area contributed by atoms with Crippen molar-refractivity contribution >= 4 is 17.3 Å². The molecule has 1 aromatic carbocycles. The highest BCUT2D eigenvalue weighted by Gasteiger charge is 2.24. The van der Waals surface area contributed by atoms with E-state index in [4.69, 9.17) is 5.11 Å². The Bertz CT molecular complexity index is 459. The van der Waals surface area contributed by atoms with E-state index in [1.165, 1.54) is 24.9 Å². The number of aliphatic carboxylic acids is 1. The van der Waals surface area contributed by atoms with E-state index < -0.39 is 16.9 Å². The molecule has 1 unspecified atom stereocenters. The van der Waals surface area contributed by atoms with Crippen LogP contribution in [0.2, 0.25) is 0 Å². The van der Waals surface area contributed by atoms with Crippen LogP contribution >= 0.6 is 0 Å². The fraction of sp³-hybridized carbons (Fsp3) is 0.364. The maximum atomic E-state index is 10.9. The van der Waals surface area contributed by atoms with Crippen LogP contribution < -0.4 is 4.90 Å². The summed E-state index contributed by atoms with van der Waals surface area (Å²) in [5.74, 6) is -1.02. The summed E-state index contributed by atoms with van der Waals surface area (Å²) < 4.78 is 0. The van der Waals surface area contributed by atoms with Crippen LogP contribution in [0, 0.1) is 17.0 Å². The van der Waals surface area contributed by atoms with Crippen LogP contribution in [0.4, 0.5) is 11.4 Å². The first-order valence-electron chi connectivity index (χ1n) is 5.05. The molecule has 0 aliphatic rings. The van der Waals surface area contributed by atoms with Crippen molar-refractivity contribution in [1.82, 2.24) is 0 Å². The van der Waals surface area contributed by atoms with Crippen molar-refractivity contribution in [2.75, 3.05) is 11.9 Å². The number of carboxylic acid groups (broad SMARTS) is 1. The summed E-state index contributed by atoms with van der Waals surface area (Å²) >= 11 is 0. The van der Waals surface area contributed by atoms with Gasteiger partial charge in [-0.3, -0.25) is 10.1 Å². The Hall–Kier alpha value is -2.11. The number of benzene rings is 1. The predicted molar refractivity (Wildman–Crippen MR) is 63.3 cm³/mol. The number of rotatable bonds is 4. The highest BCUT2D eigenvalue weighted by molar-refractivity contribution is 5.79. The lowest BCUT2D eigenvalue weighted by Gasteiger charge is -2.23. The standard InChI is InChI=1S/C11H14N2O4/c1-7-4-5-9(13(16)17)10(6-7)12(3)8(2)11(14)15/h4-6,8H,1-3H3,(H,14,15). The Kier molecular flexibility index (Phi) is 3.67. The van der Waals surface area contributed by atoms with Crippen molar-refractivity contribution in [3.05, 3.63) is 33.9 Å². The van der Waals surface area contributed by atoms with Crippen molar-refractivity contribution in [2.24, 2.45) is 0 Å². The fourth-order valence-corrected chi connectivity index (χ4v) is 1.44. The van der Waals surface area contributed by atoms with E-state index in [9.17, 15) is 14.9 Å². The highest BCUT2D eigenvalue weighted by Crippen LogP contribution is 2.29. The van der Waals surface area contributed by atoms with E-state index in [1.54, 1.807) is 19.1 Å². The number of likely N-dealkylation sites (N-methyl/N-ethyl adjacent to an activating group) is 1. The van der Waals surface area contributed by atoms with Gasteiger partial charge in [-0.1, -0.05) is 6.07 Å². The third-order valence-electron chi connectivity index (χ3n) is 2.65. The van der Waals surface area contributed by atoms with E-state index in [-0.39, 0.29) is 5.69 Å². The summed E-state index contributed by atoms with van der Waals surface area (Å²) in [5, 5.41) is 19.8. The molecule has 0 saturated carbocycles. The molecule has 0 radical (unpaired) electrons. The smallest absolute Gasteiger partial charge is 0.326 e. The zero-order valence-electron chi connectivity index (χ0n) is 9.88. The Labute approximate surface area is 98.6 Å². The van der Waals surface area contributed by atoms with Gasteiger partial charge in [-0.25, -0.2) is 4.79 Å². The number of hydrogen-bond acceptors (Lipinski definition) is 4. The average molecular weight is 238 g/mol. The molecule has 0 bridgehead atoms. The number of carboxylic acids is 1. The van der Waals surface area contributed by atoms with Gasteiger partial charge in [0.15, 0.2) is 0 Å².